The van der Waals surface area contributed by atoms with Gasteiger partial charge in [0.05, 0.1) is 10.6 Å². The molecule has 30 heavy (non-hydrogen) atoms. The maximum absolute atomic E-state index is 12.3. The Morgan fingerprint density at radius 1 is 1.37 bits per heavy atom. The smallest absolute Gasteiger partial charge is 0.320 e. The summed E-state index contributed by atoms with van der Waals surface area (Å²) in [4.78, 5) is 34.7. The number of likely N-dealkylation sites (tertiary alicyclic amines) is 1. The number of nitrogens with one attached hydrogen (secondary N) is 2. The van der Waals surface area contributed by atoms with Crippen LogP contribution in [0.15, 0.2) is 18.5 Å². The summed E-state index contributed by atoms with van der Waals surface area (Å²) in [5.41, 5.74) is 1.42. The Kier molecular flexibility index (Phi) is 7.68. The van der Waals surface area contributed by atoms with E-state index < -0.39 is 8.07 Å². The van der Waals surface area contributed by atoms with Crippen molar-refractivity contribution >= 4 is 59.6 Å². The van der Waals surface area contributed by atoms with Gasteiger partial charge in [-0.25, -0.2) is 14.8 Å². The van der Waals surface area contributed by atoms with Crippen molar-refractivity contribution in [2.45, 2.75) is 44.9 Å². The number of ether oxygens (including phenoxy) is 1. The summed E-state index contributed by atoms with van der Waals surface area (Å²) in [5.74, 6) is 0.487. The van der Waals surface area contributed by atoms with Crippen molar-refractivity contribution in [3.8, 4) is 0 Å². The highest BCUT2D eigenvalue weighted by Crippen LogP contribution is 2.15. The maximum Gasteiger partial charge on any atom is 0.320 e. The quantitative estimate of drug-likeness (QED) is 0.231. The minimum Gasteiger partial charge on any atom is -0.361 e. The standard InChI is InChI=1S/C19H29IN6O3Si/c1-30(2,3)9-8-29-13-26-7-5-15-18(26)21-11-16(23-15)24-19(28)22-14-4-6-25(12-14)17(27)10-20/h5,7,11,14H,4,6,8-10,12-13H2,1-3H3,(H2,22,23,24,28). The monoisotopic (exact) mass is 544 g/mol. The van der Waals surface area contributed by atoms with Crippen molar-refractivity contribution in [1.29, 1.82) is 0 Å². The fourth-order valence-electron chi connectivity index (χ4n) is 3.19. The van der Waals surface area contributed by atoms with E-state index >= 15 is 0 Å². The van der Waals surface area contributed by atoms with Gasteiger partial charge in [0.1, 0.15) is 12.2 Å². The molecule has 3 rings (SSSR count). The summed E-state index contributed by atoms with van der Waals surface area (Å²) in [6.45, 7) is 9.36. The Labute approximate surface area is 191 Å². The molecule has 2 N–H and O–H groups in total. The zero-order valence-corrected chi connectivity index (χ0v) is 20.8. The number of carbonyl (C=O) groups excluding carboxylic acids is 2. The van der Waals surface area contributed by atoms with Crippen LogP contribution in [-0.2, 0) is 16.3 Å². The topological polar surface area (TPSA) is 101 Å². The van der Waals surface area contributed by atoms with Crippen LogP contribution >= 0.6 is 22.6 Å². The Balaban J connectivity index is 1.51. The third kappa shape index (κ3) is 6.38. The summed E-state index contributed by atoms with van der Waals surface area (Å²) in [6, 6.07) is 2.58. The summed E-state index contributed by atoms with van der Waals surface area (Å²) >= 11 is 2.06. The normalized spacial score (nSPS) is 16.8. The fraction of sp³-hybridized carbons (Fsp3) is 0.579. The third-order valence-electron chi connectivity index (χ3n) is 4.92. The van der Waals surface area contributed by atoms with Crippen LogP contribution in [-0.4, -0.2) is 69.6 Å². The molecule has 0 bridgehead atoms. The Morgan fingerprint density at radius 3 is 2.90 bits per heavy atom. The Bertz CT molecular complexity index is 900. The van der Waals surface area contributed by atoms with E-state index in [1.165, 1.54) is 0 Å². The van der Waals surface area contributed by atoms with Crippen molar-refractivity contribution in [3.63, 3.8) is 0 Å². The molecule has 9 nitrogen and oxygen atoms in total. The van der Waals surface area contributed by atoms with Gasteiger partial charge in [-0.1, -0.05) is 42.2 Å². The van der Waals surface area contributed by atoms with Gasteiger partial charge in [0.15, 0.2) is 11.5 Å². The second-order valence-corrected chi connectivity index (χ2v) is 15.0. The zero-order chi connectivity index (χ0) is 21.7. The molecule has 0 radical (unpaired) electrons. The van der Waals surface area contributed by atoms with E-state index in [1.54, 1.807) is 11.1 Å². The van der Waals surface area contributed by atoms with E-state index in [0.717, 1.165) is 24.7 Å². The second kappa shape index (κ2) is 10.0. The largest absolute Gasteiger partial charge is 0.361 e. The summed E-state index contributed by atoms with van der Waals surface area (Å²) in [5, 5.41) is 5.63. The van der Waals surface area contributed by atoms with Crippen molar-refractivity contribution in [1.82, 2.24) is 24.8 Å². The molecular weight excluding hydrogens is 515 g/mol. The van der Waals surface area contributed by atoms with Gasteiger partial charge in [-0.2, -0.15) is 0 Å². The molecule has 0 aromatic carbocycles. The summed E-state index contributed by atoms with van der Waals surface area (Å²) in [7, 11) is -1.11. The average Bonchev–Trinajstić information content (AvgIpc) is 3.30. The minimum absolute atomic E-state index is 0.0528. The molecule has 1 saturated heterocycles. The van der Waals surface area contributed by atoms with Crippen molar-refractivity contribution in [2.75, 3.05) is 29.4 Å². The molecule has 1 aliphatic heterocycles. The van der Waals surface area contributed by atoms with Gasteiger partial charge in [-0.3, -0.25) is 10.1 Å². The first-order valence-corrected chi connectivity index (χ1v) is 15.3. The van der Waals surface area contributed by atoms with Crippen LogP contribution < -0.4 is 10.6 Å². The van der Waals surface area contributed by atoms with Gasteiger partial charge < -0.3 is 19.5 Å². The lowest BCUT2D eigenvalue weighted by molar-refractivity contribution is -0.127. The number of amides is 3. The fourth-order valence-corrected chi connectivity index (χ4v) is 4.43. The molecule has 0 spiro atoms. The number of hydrogen-bond acceptors (Lipinski definition) is 5. The maximum atomic E-state index is 12.3. The molecule has 1 aliphatic rings. The first-order chi connectivity index (χ1) is 14.2. The zero-order valence-electron chi connectivity index (χ0n) is 17.7. The molecule has 0 saturated carbocycles. The third-order valence-corrected chi connectivity index (χ3v) is 7.28. The Hall–Kier alpha value is -1.73. The molecule has 2 aromatic heterocycles. The van der Waals surface area contributed by atoms with Gasteiger partial charge in [0.25, 0.3) is 0 Å². The predicted octanol–water partition coefficient (Wildman–Crippen LogP) is 2.90. The van der Waals surface area contributed by atoms with Crippen LogP contribution in [0.2, 0.25) is 25.7 Å². The molecule has 11 heteroatoms. The number of hydrogen-bond donors (Lipinski definition) is 2. The van der Waals surface area contributed by atoms with Crippen LogP contribution in [0.5, 0.6) is 0 Å². The van der Waals surface area contributed by atoms with Gasteiger partial charge in [-0.15, -0.1) is 0 Å². The molecule has 164 valence electrons. The summed E-state index contributed by atoms with van der Waals surface area (Å²) < 4.78 is 8.15. The van der Waals surface area contributed by atoms with E-state index in [0.29, 0.717) is 35.6 Å². The number of fused-ring (bicyclic) bond motifs is 1. The number of aromatic nitrogens is 3. The first kappa shape index (κ1) is 22.9. The molecule has 1 atom stereocenters. The highest BCUT2D eigenvalue weighted by atomic mass is 127. The molecule has 0 aliphatic carbocycles. The number of nitrogens with zero attached hydrogens (tertiary/aromatic N) is 4. The van der Waals surface area contributed by atoms with Gasteiger partial charge in [0, 0.05) is 40.0 Å². The van der Waals surface area contributed by atoms with Crippen LogP contribution in [0.3, 0.4) is 0 Å². The molecule has 2 aromatic rings. The van der Waals surface area contributed by atoms with Crippen LogP contribution in [0, 0.1) is 0 Å². The van der Waals surface area contributed by atoms with E-state index in [-0.39, 0.29) is 18.0 Å². The highest BCUT2D eigenvalue weighted by molar-refractivity contribution is 14.1. The van der Waals surface area contributed by atoms with E-state index in [4.69, 9.17) is 4.74 Å². The number of halogens is 1. The molecule has 3 amide bonds. The van der Waals surface area contributed by atoms with Gasteiger partial charge >= 0.3 is 6.03 Å². The van der Waals surface area contributed by atoms with Crippen LogP contribution in [0.25, 0.3) is 11.2 Å². The predicted molar refractivity (Wildman–Crippen MR) is 128 cm³/mol. The van der Waals surface area contributed by atoms with E-state index in [9.17, 15) is 9.59 Å². The minimum atomic E-state index is -1.11. The van der Waals surface area contributed by atoms with Gasteiger partial charge in [-0.05, 0) is 18.5 Å². The molecular formula is C19H29IN6O3Si. The molecule has 1 fully saturated rings. The van der Waals surface area contributed by atoms with Crippen molar-refractivity contribution in [3.05, 3.63) is 18.5 Å². The van der Waals surface area contributed by atoms with E-state index in [1.807, 2.05) is 16.8 Å². The second-order valence-electron chi connectivity index (χ2n) is 8.66. The van der Waals surface area contributed by atoms with Crippen molar-refractivity contribution in [2.24, 2.45) is 0 Å². The highest BCUT2D eigenvalue weighted by Gasteiger charge is 2.26. The van der Waals surface area contributed by atoms with Crippen LogP contribution in [0.1, 0.15) is 6.42 Å². The van der Waals surface area contributed by atoms with E-state index in [2.05, 4.69) is 62.8 Å². The lowest BCUT2D eigenvalue weighted by Gasteiger charge is -2.16. The average molecular weight is 544 g/mol. The number of urea groups is 1. The van der Waals surface area contributed by atoms with Crippen LogP contribution in [0.4, 0.5) is 10.6 Å². The lowest BCUT2D eigenvalue weighted by Crippen LogP contribution is -2.41. The van der Waals surface area contributed by atoms with Gasteiger partial charge in [0.2, 0.25) is 5.91 Å². The number of carbonyl (C=O) groups is 2. The Morgan fingerprint density at radius 2 is 2.17 bits per heavy atom. The number of anilines is 1. The first-order valence-electron chi connectivity index (χ1n) is 10.1. The number of rotatable bonds is 8. The summed E-state index contributed by atoms with van der Waals surface area (Å²) in [6.07, 6.45) is 4.18. The molecule has 3 heterocycles. The van der Waals surface area contributed by atoms with Crippen molar-refractivity contribution < 1.29 is 14.3 Å². The lowest BCUT2D eigenvalue weighted by atomic mass is 10.3. The molecule has 1 unspecified atom stereocenters. The SMILES string of the molecule is C[Si](C)(C)CCOCn1ccc2nc(NC(=O)NC3CCN(C(=O)CI)C3)cnc21. The number of alkyl halides is 1.